The molecule has 4 rings (SSSR count). The van der Waals surface area contributed by atoms with Crippen LogP contribution in [0.25, 0.3) is 0 Å². The van der Waals surface area contributed by atoms with E-state index in [1.807, 2.05) is 24.3 Å². The summed E-state index contributed by atoms with van der Waals surface area (Å²) in [6, 6.07) is 20.6. The number of hydrogen-bond donors (Lipinski definition) is 2. The molecule has 2 N–H and O–H groups in total. The lowest BCUT2D eigenvalue weighted by atomic mass is 10.1. The smallest absolute Gasteiger partial charge is 0.258 e. The predicted molar refractivity (Wildman–Crippen MR) is 112 cm³/mol. The van der Waals surface area contributed by atoms with Crippen molar-refractivity contribution in [3.8, 4) is 0 Å². The highest BCUT2D eigenvalue weighted by Crippen LogP contribution is 2.29. The van der Waals surface area contributed by atoms with Gasteiger partial charge in [-0.2, -0.15) is 0 Å². The van der Waals surface area contributed by atoms with Gasteiger partial charge in [0.1, 0.15) is 5.82 Å². The van der Waals surface area contributed by atoms with Crippen LogP contribution in [0, 0.1) is 5.82 Å². The van der Waals surface area contributed by atoms with Crippen molar-refractivity contribution < 1.29 is 14.0 Å². The van der Waals surface area contributed by atoms with E-state index in [-0.39, 0.29) is 24.2 Å². The molecule has 0 aliphatic carbocycles. The molecule has 0 bridgehead atoms. The molecule has 3 aromatic carbocycles. The van der Waals surface area contributed by atoms with Crippen molar-refractivity contribution >= 4 is 28.9 Å². The lowest BCUT2D eigenvalue weighted by Gasteiger charge is -2.18. The van der Waals surface area contributed by atoms with Crippen molar-refractivity contribution in [3.05, 3.63) is 89.7 Å². The minimum absolute atomic E-state index is 0.0293. The van der Waals surface area contributed by atoms with E-state index in [4.69, 9.17) is 0 Å². The Morgan fingerprint density at radius 2 is 1.72 bits per heavy atom. The molecular formula is C23H20FN3O2. The first-order valence-electron chi connectivity index (χ1n) is 9.39. The molecule has 5 nitrogen and oxygen atoms in total. The first-order chi connectivity index (χ1) is 14.1. The second-order valence-corrected chi connectivity index (χ2v) is 6.82. The van der Waals surface area contributed by atoms with Crippen molar-refractivity contribution in [3.63, 3.8) is 0 Å². The van der Waals surface area contributed by atoms with Gasteiger partial charge >= 0.3 is 0 Å². The monoisotopic (exact) mass is 389 g/mol. The van der Waals surface area contributed by atoms with Crippen LogP contribution in [-0.4, -0.2) is 24.9 Å². The maximum atomic E-state index is 13.0. The van der Waals surface area contributed by atoms with Gasteiger partial charge in [0.15, 0.2) is 0 Å². The first kappa shape index (κ1) is 18.7. The van der Waals surface area contributed by atoms with Gasteiger partial charge in [-0.3, -0.25) is 9.59 Å². The second-order valence-electron chi connectivity index (χ2n) is 6.82. The van der Waals surface area contributed by atoms with Crippen molar-refractivity contribution in [2.45, 2.75) is 6.42 Å². The molecule has 0 atom stereocenters. The van der Waals surface area contributed by atoms with Gasteiger partial charge < -0.3 is 15.5 Å². The molecule has 3 aromatic rings. The van der Waals surface area contributed by atoms with Gasteiger partial charge in [0, 0.05) is 29.2 Å². The molecule has 0 fully saturated rings. The zero-order valence-corrected chi connectivity index (χ0v) is 15.7. The van der Waals surface area contributed by atoms with Crippen molar-refractivity contribution in [2.75, 3.05) is 28.6 Å². The first-order valence-corrected chi connectivity index (χ1v) is 9.39. The minimum atomic E-state index is -0.358. The highest BCUT2D eigenvalue weighted by molar-refractivity contribution is 6.07. The van der Waals surface area contributed by atoms with Crippen LogP contribution in [0.15, 0.2) is 72.8 Å². The fraction of sp³-hybridized carbons (Fsp3) is 0.130. The van der Waals surface area contributed by atoms with Crippen LogP contribution in [-0.2, 0) is 11.2 Å². The third kappa shape index (κ3) is 4.27. The number of nitrogens with one attached hydrogen (secondary N) is 2. The number of halogens is 1. The molecule has 2 amide bonds. The van der Waals surface area contributed by atoms with E-state index in [0.717, 1.165) is 12.1 Å². The average Bonchev–Trinajstić information content (AvgIpc) is 3.18. The van der Waals surface area contributed by atoms with Gasteiger partial charge in [0.2, 0.25) is 5.91 Å². The van der Waals surface area contributed by atoms with Crippen LogP contribution in [0.5, 0.6) is 0 Å². The van der Waals surface area contributed by atoms with Gasteiger partial charge in [-0.1, -0.05) is 24.3 Å². The number of carbonyl (C=O) groups is 2. The van der Waals surface area contributed by atoms with Crippen LogP contribution < -0.4 is 15.5 Å². The molecule has 0 unspecified atom stereocenters. The normalized spacial score (nSPS) is 12.4. The molecule has 1 heterocycles. The lowest BCUT2D eigenvalue weighted by molar-refractivity contribution is -0.114. The van der Waals surface area contributed by atoms with Gasteiger partial charge in [-0.25, -0.2) is 4.39 Å². The fourth-order valence-corrected chi connectivity index (χ4v) is 3.39. The SMILES string of the molecule is O=C(CNc1cccc(C(=O)N2CCc3ccccc32)c1)Nc1ccc(F)cc1. The Labute approximate surface area is 168 Å². The Bertz CT molecular complexity index is 1050. The van der Waals surface area contributed by atoms with Crippen molar-refractivity contribution in [2.24, 2.45) is 0 Å². The van der Waals surface area contributed by atoms with Gasteiger partial charge in [0.25, 0.3) is 5.91 Å². The Balaban J connectivity index is 1.39. The van der Waals surface area contributed by atoms with Crippen LogP contribution in [0.2, 0.25) is 0 Å². The van der Waals surface area contributed by atoms with E-state index < -0.39 is 0 Å². The summed E-state index contributed by atoms with van der Waals surface area (Å²) >= 11 is 0. The Hall–Kier alpha value is -3.67. The molecule has 6 heteroatoms. The zero-order valence-electron chi connectivity index (χ0n) is 15.7. The molecule has 146 valence electrons. The second kappa shape index (κ2) is 8.14. The standard InChI is InChI=1S/C23H20FN3O2/c24-18-8-10-19(11-9-18)26-22(28)15-25-20-6-3-5-17(14-20)23(29)27-13-12-16-4-1-2-7-21(16)27/h1-11,14,25H,12-13,15H2,(H,26,28). The number of rotatable bonds is 5. The number of para-hydroxylation sites is 1. The third-order valence-corrected chi connectivity index (χ3v) is 4.82. The number of amides is 2. The zero-order chi connectivity index (χ0) is 20.2. The number of nitrogens with zero attached hydrogens (tertiary/aromatic N) is 1. The van der Waals surface area contributed by atoms with E-state index in [1.54, 1.807) is 29.2 Å². The Kier molecular flexibility index (Phi) is 5.24. The van der Waals surface area contributed by atoms with Crippen LogP contribution in [0.1, 0.15) is 15.9 Å². The van der Waals surface area contributed by atoms with Gasteiger partial charge in [-0.05, 0) is 60.5 Å². The minimum Gasteiger partial charge on any atom is -0.376 e. The molecule has 0 radical (unpaired) electrons. The molecule has 1 aliphatic rings. The maximum absolute atomic E-state index is 13.0. The summed E-state index contributed by atoms with van der Waals surface area (Å²) in [7, 11) is 0. The van der Waals surface area contributed by atoms with E-state index in [2.05, 4.69) is 10.6 Å². The number of anilines is 3. The van der Waals surface area contributed by atoms with E-state index in [1.165, 1.54) is 29.8 Å². The summed E-state index contributed by atoms with van der Waals surface area (Å²) in [5.41, 5.74) is 3.89. The highest BCUT2D eigenvalue weighted by atomic mass is 19.1. The van der Waals surface area contributed by atoms with Gasteiger partial charge in [-0.15, -0.1) is 0 Å². The van der Waals surface area contributed by atoms with E-state index in [9.17, 15) is 14.0 Å². The molecule has 0 aromatic heterocycles. The van der Waals surface area contributed by atoms with Crippen LogP contribution in [0.3, 0.4) is 0 Å². The van der Waals surface area contributed by atoms with Crippen molar-refractivity contribution in [1.29, 1.82) is 0 Å². The maximum Gasteiger partial charge on any atom is 0.258 e. The summed E-state index contributed by atoms with van der Waals surface area (Å²) < 4.78 is 12.9. The number of benzene rings is 3. The summed E-state index contributed by atoms with van der Waals surface area (Å²) in [4.78, 5) is 26.8. The summed E-state index contributed by atoms with van der Waals surface area (Å²) in [5, 5.41) is 5.71. The highest BCUT2D eigenvalue weighted by Gasteiger charge is 2.25. The summed E-state index contributed by atoms with van der Waals surface area (Å²) in [6.45, 7) is 0.692. The molecule has 0 saturated heterocycles. The topological polar surface area (TPSA) is 61.4 Å². The molecule has 1 aliphatic heterocycles. The van der Waals surface area contributed by atoms with Gasteiger partial charge in [0.05, 0.1) is 6.54 Å². The molecule has 29 heavy (non-hydrogen) atoms. The summed E-state index contributed by atoms with van der Waals surface area (Å²) in [6.07, 6.45) is 0.851. The Morgan fingerprint density at radius 1 is 0.931 bits per heavy atom. The molecule has 0 spiro atoms. The van der Waals surface area contributed by atoms with Crippen molar-refractivity contribution in [1.82, 2.24) is 0 Å². The molecule has 0 saturated carbocycles. The molecular weight excluding hydrogens is 369 g/mol. The number of hydrogen-bond acceptors (Lipinski definition) is 3. The number of carbonyl (C=O) groups excluding carboxylic acids is 2. The van der Waals surface area contributed by atoms with Crippen LogP contribution >= 0.6 is 0 Å². The summed E-state index contributed by atoms with van der Waals surface area (Å²) in [5.74, 6) is -0.681. The predicted octanol–water partition coefficient (Wildman–Crippen LogP) is 4.08. The fourth-order valence-electron chi connectivity index (χ4n) is 3.39. The number of fused-ring (bicyclic) bond motifs is 1. The van der Waals surface area contributed by atoms with Crippen LogP contribution in [0.4, 0.5) is 21.5 Å². The quantitative estimate of drug-likeness (QED) is 0.691. The van der Waals surface area contributed by atoms with E-state index in [0.29, 0.717) is 23.5 Å². The van der Waals surface area contributed by atoms with E-state index >= 15 is 0 Å². The lowest BCUT2D eigenvalue weighted by Crippen LogP contribution is -2.29. The third-order valence-electron chi connectivity index (χ3n) is 4.82. The Morgan fingerprint density at radius 3 is 2.55 bits per heavy atom. The largest absolute Gasteiger partial charge is 0.376 e. The average molecular weight is 389 g/mol.